The zero-order valence-corrected chi connectivity index (χ0v) is 17.4. The van der Waals surface area contributed by atoms with Crippen molar-refractivity contribution in [1.82, 2.24) is 15.0 Å². The van der Waals surface area contributed by atoms with E-state index in [1.165, 1.54) is 18.3 Å². The molecule has 0 bridgehead atoms. The number of nitro groups is 1. The number of nitrogens with one attached hydrogen (secondary N) is 1. The molecule has 164 valence electrons. The van der Waals surface area contributed by atoms with Crippen molar-refractivity contribution in [3.8, 4) is 0 Å². The van der Waals surface area contributed by atoms with Crippen LogP contribution in [0.3, 0.4) is 0 Å². The first-order valence-electron chi connectivity index (χ1n) is 9.74. The Hall–Kier alpha value is -3.09. The van der Waals surface area contributed by atoms with Crippen LogP contribution in [0.1, 0.15) is 5.56 Å². The highest BCUT2D eigenvalue weighted by molar-refractivity contribution is 6.32. The van der Waals surface area contributed by atoms with Crippen LogP contribution in [0.2, 0.25) is 5.02 Å². The third-order valence-electron chi connectivity index (χ3n) is 4.74. The Kier molecular flexibility index (Phi) is 6.70. The Morgan fingerprint density at radius 2 is 1.61 bits per heavy atom. The highest BCUT2D eigenvalue weighted by Crippen LogP contribution is 2.24. The van der Waals surface area contributed by atoms with E-state index in [4.69, 9.17) is 21.1 Å². The monoisotopic (exact) mass is 448 g/mol. The number of nitro benzene ring substituents is 1. The summed E-state index contributed by atoms with van der Waals surface area (Å²) in [5.41, 5.74) is 3.13. The summed E-state index contributed by atoms with van der Waals surface area (Å²) in [5, 5.41) is 15.3. The van der Waals surface area contributed by atoms with Crippen LogP contribution >= 0.6 is 11.6 Å². The standard InChI is InChI=1S/C18H21ClN8O4/c19-14-2-1-13(11-15(14)27(28)29)12-20-24-16-21-17(25-3-7-30-8-4-25)23-18(22-16)26-5-9-31-10-6-26/h1-2,11-12H,3-10H2,(H,21,22,23,24)/b20-12+. The molecular formula is C18H21ClN8O4. The van der Waals surface area contributed by atoms with E-state index >= 15 is 0 Å². The number of anilines is 3. The molecule has 3 heterocycles. The molecule has 1 aromatic heterocycles. The van der Waals surface area contributed by atoms with Gasteiger partial charge in [-0.25, -0.2) is 5.43 Å². The fraction of sp³-hybridized carbons (Fsp3) is 0.444. The van der Waals surface area contributed by atoms with Gasteiger partial charge >= 0.3 is 0 Å². The first-order valence-corrected chi connectivity index (χ1v) is 10.1. The van der Waals surface area contributed by atoms with Crippen molar-refractivity contribution in [1.29, 1.82) is 0 Å². The quantitative estimate of drug-likeness (QED) is 0.394. The van der Waals surface area contributed by atoms with E-state index in [9.17, 15) is 10.1 Å². The van der Waals surface area contributed by atoms with E-state index < -0.39 is 4.92 Å². The van der Waals surface area contributed by atoms with Gasteiger partial charge in [0.2, 0.25) is 17.8 Å². The minimum absolute atomic E-state index is 0.0675. The number of hydrogen-bond donors (Lipinski definition) is 1. The Labute approximate surface area is 183 Å². The molecule has 2 aromatic rings. The second-order valence-corrected chi connectivity index (χ2v) is 7.20. The summed E-state index contributed by atoms with van der Waals surface area (Å²) >= 11 is 5.85. The van der Waals surface area contributed by atoms with Gasteiger partial charge in [0.1, 0.15) is 5.02 Å². The van der Waals surface area contributed by atoms with Crippen molar-refractivity contribution in [3.63, 3.8) is 0 Å². The molecule has 0 spiro atoms. The maximum atomic E-state index is 11.1. The number of rotatable bonds is 6. The molecule has 1 N–H and O–H groups in total. The van der Waals surface area contributed by atoms with Gasteiger partial charge in [0.25, 0.3) is 5.69 Å². The SMILES string of the molecule is O=[N+]([O-])c1cc(/C=N/Nc2nc(N3CCOCC3)nc(N3CCOCC3)n2)ccc1Cl. The molecule has 0 amide bonds. The molecule has 13 heteroatoms. The van der Waals surface area contributed by atoms with Crippen LogP contribution in [-0.4, -0.2) is 78.7 Å². The molecule has 31 heavy (non-hydrogen) atoms. The molecule has 2 aliphatic rings. The van der Waals surface area contributed by atoms with E-state index in [0.717, 1.165) is 0 Å². The highest BCUT2D eigenvalue weighted by Gasteiger charge is 2.20. The van der Waals surface area contributed by atoms with Gasteiger partial charge in [-0.1, -0.05) is 17.7 Å². The number of hydrazone groups is 1. The molecule has 4 rings (SSSR count). The van der Waals surface area contributed by atoms with E-state index in [1.54, 1.807) is 6.07 Å². The van der Waals surface area contributed by atoms with Crippen LogP contribution in [0.5, 0.6) is 0 Å². The van der Waals surface area contributed by atoms with Crippen molar-refractivity contribution in [2.75, 3.05) is 67.8 Å². The molecule has 0 unspecified atom stereocenters. The van der Waals surface area contributed by atoms with Gasteiger partial charge < -0.3 is 19.3 Å². The second-order valence-electron chi connectivity index (χ2n) is 6.80. The summed E-state index contributed by atoms with van der Waals surface area (Å²) in [4.78, 5) is 28.2. The fourth-order valence-corrected chi connectivity index (χ4v) is 3.31. The average Bonchev–Trinajstić information content (AvgIpc) is 2.81. The second kappa shape index (κ2) is 9.81. The molecule has 2 fully saturated rings. The molecule has 0 radical (unpaired) electrons. The minimum Gasteiger partial charge on any atom is -0.378 e. The van der Waals surface area contributed by atoms with Gasteiger partial charge in [0, 0.05) is 37.8 Å². The zero-order chi connectivity index (χ0) is 21.6. The van der Waals surface area contributed by atoms with Gasteiger partial charge in [0.05, 0.1) is 37.6 Å². The van der Waals surface area contributed by atoms with Crippen LogP contribution in [0.15, 0.2) is 23.3 Å². The summed E-state index contributed by atoms with van der Waals surface area (Å²) in [7, 11) is 0. The van der Waals surface area contributed by atoms with Crippen molar-refractivity contribution < 1.29 is 14.4 Å². The fourth-order valence-electron chi connectivity index (χ4n) is 3.13. The first kappa shape index (κ1) is 21.2. The molecule has 0 atom stereocenters. The molecule has 0 saturated carbocycles. The van der Waals surface area contributed by atoms with E-state index in [-0.39, 0.29) is 16.7 Å². The highest BCUT2D eigenvalue weighted by atomic mass is 35.5. The third-order valence-corrected chi connectivity index (χ3v) is 5.06. The molecule has 1 aromatic carbocycles. The smallest absolute Gasteiger partial charge is 0.288 e. The van der Waals surface area contributed by atoms with E-state index in [2.05, 4.69) is 25.5 Å². The van der Waals surface area contributed by atoms with Gasteiger partial charge in [-0.15, -0.1) is 0 Å². The molecule has 2 aliphatic heterocycles. The predicted octanol–water partition coefficient (Wildman–Crippen LogP) is 1.55. The number of benzene rings is 1. The Bertz CT molecular complexity index is 927. The van der Waals surface area contributed by atoms with Gasteiger partial charge in [-0.3, -0.25) is 10.1 Å². The van der Waals surface area contributed by atoms with Crippen LogP contribution in [0.4, 0.5) is 23.5 Å². The summed E-state index contributed by atoms with van der Waals surface area (Å²) in [6, 6.07) is 4.43. The Balaban J connectivity index is 1.55. The molecule has 2 saturated heterocycles. The van der Waals surface area contributed by atoms with Crippen molar-refractivity contribution in [2.45, 2.75) is 0 Å². The Morgan fingerprint density at radius 3 is 2.16 bits per heavy atom. The number of hydrogen-bond acceptors (Lipinski definition) is 11. The Morgan fingerprint density at radius 1 is 1.03 bits per heavy atom. The van der Waals surface area contributed by atoms with Crippen molar-refractivity contribution in [2.24, 2.45) is 5.10 Å². The van der Waals surface area contributed by atoms with Crippen LogP contribution in [0.25, 0.3) is 0 Å². The number of morpholine rings is 2. The first-order chi connectivity index (χ1) is 15.1. The summed E-state index contributed by atoms with van der Waals surface area (Å²) < 4.78 is 10.8. The average molecular weight is 449 g/mol. The lowest BCUT2D eigenvalue weighted by Gasteiger charge is -2.30. The van der Waals surface area contributed by atoms with E-state index in [0.29, 0.717) is 70.1 Å². The number of halogens is 1. The third kappa shape index (κ3) is 5.34. The number of nitrogens with zero attached hydrogens (tertiary/aromatic N) is 7. The van der Waals surface area contributed by atoms with Crippen LogP contribution < -0.4 is 15.2 Å². The lowest BCUT2D eigenvalue weighted by Crippen LogP contribution is -2.40. The van der Waals surface area contributed by atoms with Crippen LogP contribution in [0, 0.1) is 10.1 Å². The lowest BCUT2D eigenvalue weighted by molar-refractivity contribution is -0.384. The normalized spacial score (nSPS) is 17.2. The van der Waals surface area contributed by atoms with Gasteiger partial charge in [0.15, 0.2) is 0 Å². The zero-order valence-electron chi connectivity index (χ0n) is 16.6. The van der Waals surface area contributed by atoms with Crippen molar-refractivity contribution in [3.05, 3.63) is 38.9 Å². The van der Waals surface area contributed by atoms with Crippen LogP contribution in [-0.2, 0) is 9.47 Å². The largest absolute Gasteiger partial charge is 0.378 e. The molecule has 0 aliphatic carbocycles. The summed E-state index contributed by atoms with van der Waals surface area (Å²) in [5.74, 6) is 1.36. The minimum atomic E-state index is -0.539. The van der Waals surface area contributed by atoms with Crippen molar-refractivity contribution >= 4 is 41.3 Å². The van der Waals surface area contributed by atoms with E-state index in [1.807, 2.05) is 9.80 Å². The number of ether oxygens (including phenoxy) is 2. The number of aromatic nitrogens is 3. The predicted molar refractivity (Wildman–Crippen MR) is 115 cm³/mol. The maximum Gasteiger partial charge on any atom is 0.288 e. The molecule has 12 nitrogen and oxygen atoms in total. The maximum absolute atomic E-state index is 11.1. The lowest BCUT2D eigenvalue weighted by atomic mass is 10.2. The van der Waals surface area contributed by atoms with Gasteiger partial charge in [-0.2, -0.15) is 20.1 Å². The summed E-state index contributed by atoms with van der Waals surface area (Å²) in [6.07, 6.45) is 1.44. The summed E-state index contributed by atoms with van der Waals surface area (Å²) in [6.45, 7) is 5.16. The van der Waals surface area contributed by atoms with Gasteiger partial charge in [-0.05, 0) is 6.07 Å². The molecular weight excluding hydrogens is 428 g/mol. The topological polar surface area (TPSA) is 131 Å².